The van der Waals surface area contributed by atoms with Gasteiger partial charge in [-0.1, -0.05) is 0 Å². The van der Waals surface area contributed by atoms with E-state index in [9.17, 15) is 49.9 Å². The second-order valence-corrected chi connectivity index (χ2v) is 5.08. The third-order valence-corrected chi connectivity index (χ3v) is 3.51. The van der Waals surface area contributed by atoms with Crippen molar-refractivity contribution < 1.29 is 39.5 Å². The van der Waals surface area contributed by atoms with Crippen molar-refractivity contribution in [2.24, 2.45) is 0 Å². The van der Waals surface area contributed by atoms with Crippen LogP contribution in [-0.4, -0.2) is 43.1 Å². The number of nitro benzene ring substituents is 2. The number of hydrogen-bond acceptors (Lipinski definition) is 7. The van der Waals surface area contributed by atoms with Crippen LogP contribution in [0, 0.1) is 20.2 Å². The number of nitrogens with zero attached hydrogens (tertiary/aromatic N) is 2. The summed E-state index contributed by atoms with van der Waals surface area (Å²) in [5, 5.41) is 49.9. The van der Waals surface area contributed by atoms with E-state index < -0.39 is 66.9 Å². The largest absolute Gasteiger partial charge is 0.478 e. The molecule has 0 saturated heterocycles. The predicted octanol–water partition coefficient (Wildman–Crippen LogP) is 2.26. The van der Waals surface area contributed by atoms with Crippen LogP contribution in [-0.2, 0) is 0 Å². The summed E-state index contributed by atoms with van der Waals surface area (Å²) in [5.41, 5.74) is -5.12. The van der Waals surface area contributed by atoms with Gasteiger partial charge in [0.05, 0.1) is 26.5 Å². The second-order valence-electron chi connectivity index (χ2n) is 5.08. The Balaban J connectivity index is 3.05. The number of non-ortho nitro benzene ring substituents is 2. The Labute approximate surface area is 148 Å². The van der Waals surface area contributed by atoms with E-state index >= 15 is 0 Å². The Morgan fingerprint density at radius 3 is 1.52 bits per heavy atom. The van der Waals surface area contributed by atoms with Crippen molar-refractivity contribution in [2.75, 3.05) is 0 Å². The minimum Gasteiger partial charge on any atom is -0.478 e. The smallest absolute Gasteiger partial charge is 0.336 e. The zero-order chi connectivity index (χ0) is 20.5. The minimum atomic E-state index is -1.78. The average Bonchev–Trinajstić information content (AvgIpc) is 2.59. The van der Waals surface area contributed by atoms with Crippen LogP contribution in [0.15, 0.2) is 30.3 Å². The molecule has 0 spiro atoms. The summed E-state index contributed by atoms with van der Waals surface area (Å²) in [6.07, 6.45) is 0. The van der Waals surface area contributed by atoms with Crippen LogP contribution >= 0.6 is 0 Å². The highest BCUT2D eigenvalue weighted by molar-refractivity contribution is 6.09. The first-order valence-corrected chi connectivity index (χ1v) is 6.85. The van der Waals surface area contributed by atoms with Crippen molar-refractivity contribution in [3.8, 4) is 11.1 Å². The topological polar surface area (TPSA) is 198 Å². The van der Waals surface area contributed by atoms with Crippen molar-refractivity contribution in [1.29, 1.82) is 0 Å². The number of benzene rings is 2. The van der Waals surface area contributed by atoms with Crippen molar-refractivity contribution >= 4 is 29.3 Å². The molecule has 138 valence electrons. The van der Waals surface area contributed by atoms with Gasteiger partial charge in [-0.15, -0.1) is 0 Å². The molecule has 12 heteroatoms. The Morgan fingerprint density at radius 1 is 0.704 bits per heavy atom. The lowest BCUT2D eigenvalue weighted by molar-refractivity contribution is -0.385. The van der Waals surface area contributed by atoms with Gasteiger partial charge in [-0.2, -0.15) is 0 Å². The summed E-state index contributed by atoms with van der Waals surface area (Å²) in [6, 6.07) is 3.46. The molecule has 0 fully saturated rings. The monoisotopic (exact) mass is 376 g/mol. The van der Waals surface area contributed by atoms with Gasteiger partial charge in [0.1, 0.15) is 0 Å². The molecular formula is C15H8N2O10. The molecule has 0 saturated carbocycles. The molecule has 0 aliphatic heterocycles. The summed E-state index contributed by atoms with van der Waals surface area (Å²) in [4.78, 5) is 54.6. The van der Waals surface area contributed by atoms with Crippen LogP contribution in [0.2, 0.25) is 0 Å². The normalized spacial score (nSPS) is 10.2. The number of hydrogen-bond donors (Lipinski definition) is 3. The molecule has 0 aliphatic carbocycles. The van der Waals surface area contributed by atoms with E-state index in [1.54, 1.807) is 0 Å². The lowest BCUT2D eigenvalue weighted by Gasteiger charge is -2.13. The summed E-state index contributed by atoms with van der Waals surface area (Å²) >= 11 is 0. The molecule has 27 heavy (non-hydrogen) atoms. The van der Waals surface area contributed by atoms with Crippen molar-refractivity contribution in [3.63, 3.8) is 0 Å². The fraction of sp³-hybridized carbons (Fsp3) is 0. The average molecular weight is 376 g/mol. The van der Waals surface area contributed by atoms with Gasteiger partial charge in [-0.3, -0.25) is 20.2 Å². The maximum atomic E-state index is 11.5. The molecule has 2 aromatic rings. The highest BCUT2D eigenvalue weighted by Gasteiger charge is 2.29. The third kappa shape index (κ3) is 3.53. The molecule has 0 amide bonds. The van der Waals surface area contributed by atoms with E-state index in [-0.39, 0.29) is 0 Å². The molecule has 0 atom stereocenters. The number of rotatable bonds is 6. The number of carboxylic acids is 3. The number of carboxylic acid groups (broad SMARTS) is 3. The molecule has 3 N–H and O–H groups in total. The highest BCUT2D eigenvalue weighted by Crippen LogP contribution is 2.36. The molecular weight excluding hydrogens is 368 g/mol. The van der Waals surface area contributed by atoms with Gasteiger partial charge in [0, 0.05) is 35.4 Å². The van der Waals surface area contributed by atoms with Crippen molar-refractivity contribution in [1.82, 2.24) is 0 Å². The number of aromatic carboxylic acids is 3. The van der Waals surface area contributed by atoms with Crippen LogP contribution in [0.4, 0.5) is 11.4 Å². The molecule has 0 bridgehead atoms. The van der Waals surface area contributed by atoms with Gasteiger partial charge >= 0.3 is 17.9 Å². The minimum absolute atomic E-state index is 0.550. The van der Waals surface area contributed by atoms with Crippen molar-refractivity contribution in [2.45, 2.75) is 0 Å². The summed E-state index contributed by atoms with van der Waals surface area (Å²) in [5.74, 6) is -5.16. The summed E-state index contributed by atoms with van der Waals surface area (Å²) < 4.78 is 0. The zero-order valence-electron chi connectivity index (χ0n) is 13.0. The van der Waals surface area contributed by atoms with Crippen LogP contribution in [0.3, 0.4) is 0 Å². The lowest BCUT2D eigenvalue weighted by atomic mass is 9.90. The molecule has 0 heterocycles. The highest BCUT2D eigenvalue weighted by atomic mass is 16.6. The second kappa shape index (κ2) is 6.87. The Kier molecular flexibility index (Phi) is 4.83. The van der Waals surface area contributed by atoms with Crippen LogP contribution in [0.1, 0.15) is 31.1 Å². The fourth-order valence-electron chi connectivity index (χ4n) is 2.40. The zero-order valence-corrected chi connectivity index (χ0v) is 13.0. The molecule has 0 aliphatic rings. The van der Waals surface area contributed by atoms with E-state index in [4.69, 9.17) is 0 Å². The lowest BCUT2D eigenvalue weighted by Crippen LogP contribution is -2.11. The van der Waals surface area contributed by atoms with Crippen LogP contribution in [0.5, 0.6) is 0 Å². The van der Waals surface area contributed by atoms with Crippen LogP contribution < -0.4 is 0 Å². The van der Waals surface area contributed by atoms with Gasteiger partial charge in [-0.25, -0.2) is 14.4 Å². The first-order valence-electron chi connectivity index (χ1n) is 6.85. The van der Waals surface area contributed by atoms with E-state index in [0.717, 1.165) is 12.1 Å². The van der Waals surface area contributed by atoms with E-state index in [2.05, 4.69) is 0 Å². The summed E-state index contributed by atoms with van der Waals surface area (Å²) in [7, 11) is 0. The summed E-state index contributed by atoms with van der Waals surface area (Å²) in [6.45, 7) is 0. The number of nitro groups is 2. The van der Waals surface area contributed by atoms with Crippen molar-refractivity contribution in [3.05, 3.63) is 67.3 Å². The molecule has 12 nitrogen and oxygen atoms in total. The van der Waals surface area contributed by atoms with E-state index in [1.165, 1.54) is 0 Å². The third-order valence-electron chi connectivity index (χ3n) is 3.51. The maximum Gasteiger partial charge on any atom is 0.336 e. The Hall–Kier alpha value is -4.35. The number of carbonyl (C=O) groups is 3. The molecule has 2 rings (SSSR count). The van der Waals surface area contributed by atoms with Gasteiger partial charge < -0.3 is 15.3 Å². The standard InChI is InChI=1S/C15H8N2O10/c18-13(19)8-2-1-6(16(24)25)3-9(8)12-10(14(20)21)4-7(17(26)27)5-11(12)15(22)23/h1-5H,(H,18,19)(H,20,21)(H,22,23). The molecule has 0 unspecified atom stereocenters. The first-order chi connectivity index (χ1) is 12.5. The predicted molar refractivity (Wildman–Crippen MR) is 86.1 cm³/mol. The first kappa shape index (κ1) is 19.0. The SMILES string of the molecule is O=C(O)c1ccc([N+](=O)[O-])cc1-c1c(C(=O)O)cc([N+](=O)[O-])cc1C(=O)O. The van der Waals surface area contributed by atoms with Gasteiger partial charge in [0.2, 0.25) is 0 Å². The van der Waals surface area contributed by atoms with E-state index in [0.29, 0.717) is 18.2 Å². The molecule has 0 aromatic heterocycles. The Bertz CT molecular complexity index is 992. The van der Waals surface area contributed by atoms with Gasteiger partial charge in [0.15, 0.2) is 0 Å². The molecule has 2 aromatic carbocycles. The molecule has 0 radical (unpaired) electrons. The van der Waals surface area contributed by atoms with Gasteiger partial charge in [0.25, 0.3) is 11.4 Å². The quantitative estimate of drug-likeness (QED) is 0.496. The van der Waals surface area contributed by atoms with Crippen LogP contribution in [0.25, 0.3) is 11.1 Å². The maximum absolute atomic E-state index is 11.5. The van der Waals surface area contributed by atoms with E-state index in [1.807, 2.05) is 0 Å². The van der Waals surface area contributed by atoms with Gasteiger partial charge in [-0.05, 0) is 6.07 Å². The fourth-order valence-corrected chi connectivity index (χ4v) is 2.40. The Morgan fingerprint density at radius 2 is 1.15 bits per heavy atom.